The van der Waals surface area contributed by atoms with Crippen LogP contribution in [0.1, 0.15) is 54.4 Å². The van der Waals surface area contributed by atoms with Crippen LogP contribution < -0.4 is 15.4 Å². The molecule has 6 atom stereocenters. The lowest BCUT2D eigenvalue weighted by Crippen LogP contribution is -2.59. The predicted molar refractivity (Wildman–Crippen MR) is 147 cm³/mol. The summed E-state index contributed by atoms with van der Waals surface area (Å²) in [6.07, 6.45) is 0.585. The summed E-state index contributed by atoms with van der Waals surface area (Å²) in [5.41, 5.74) is -1.14. The number of hydrogen-bond donors (Lipinski definition) is 3. The molecule has 0 saturated carbocycles. The lowest BCUT2D eigenvalue weighted by Gasteiger charge is -2.38. The van der Waals surface area contributed by atoms with E-state index in [-0.39, 0.29) is 41.1 Å². The molecule has 3 unspecified atom stereocenters. The van der Waals surface area contributed by atoms with Gasteiger partial charge in [-0.15, -0.1) is 0 Å². The molecule has 38 heavy (non-hydrogen) atoms. The number of carbonyl (C=O) groups is 3. The van der Waals surface area contributed by atoms with Crippen molar-refractivity contribution < 1.29 is 29.0 Å². The molecule has 1 aromatic carbocycles. The Morgan fingerprint density at radius 3 is 2.42 bits per heavy atom. The van der Waals surface area contributed by atoms with Crippen molar-refractivity contribution in [1.29, 1.82) is 0 Å². The Bertz CT molecular complexity index is 1070. The molecule has 0 aromatic heterocycles. The molecule has 9 nitrogen and oxygen atoms in total. The second-order valence-corrected chi connectivity index (χ2v) is 13.7. The molecule has 3 amide bonds. The van der Waals surface area contributed by atoms with E-state index in [0.29, 0.717) is 24.5 Å². The van der Waals surface area contributed by atoms with Crippen LogP contribution in [0.15, 0.2) is 24.3 Å². The quantitative estimate of drug-likeness (QED) is 0.379. The van der Waals surface area contributed by atoms with Gasteiger partial charge in [-0.2, -0.15) is 0 Å². The van der Waals surface area contributed by atoms with E-state index >= 15 is 0 Å². The van der Waals surface area contributed by atoms with Gasteiger partial charge >= 0.3 is 0 Å². The van der Waals surface area contributed by atoms with Crippen LogP contribution in [-0.4, -0.2) is 75.6 Å². The highest BCUT2D eigenvalue weighted by molar-refractivity contribution is 9.09. The number of anilines is 1. The molecular weight excluding hydrogens is 554 g/mol. The smallest absolute Gasteiger partial charge is 0.246 e. The molecule has 4 rings (SSSR count). The zero-order valence-electron chi connectivity index (χ0n) is 23.0. The standard InChI is InChI=1S/C28H40BrN3O6/c1-7-37-17-10-8-16(9-11-17)30-23(34)19-20-25(36)32(12-13-33)22(28(20)14-18(29)21(19)38-28)24(35)31-27(5,6)15-26(2,3)4/h8-11,18-22,33H,7,12-15H2,1-6H3,(H,30,34)(H,31,35)/t18?,19-,20+,21-,22?,28?/m1/s1. The molecule has 1 spiro atoms. The fraction of sp³-hybridized carbons (Fsp3) is 0.679. The third-order valence-electron chi connectivity index (χ3n) is 7.55. The number of aliphatic hydroxyl groups excluding tert-OH is 1. The Morgan fingerprint density at radius 2 is 1.84 bits per heavy atom. The predicted octanol–water partition coefficient (Wildman–Crippen LogP) is 3.10. The van der Waals surface area contributed by atoms with Gasteiger partial charge in [0.05, 0.1) is 31.2 Å². The molecule has 3 N–H and O–H groups in total. The lowest BCUT2D eigenvalue weighted by atomic mass is 9.70. The van der Waals surface area contributed by atoms with Crippen molar-refractivity contribution in [3.63, 3.8) is 0 Å². The van der Waals surface area contributed by atoms with Gasteiger partial charge in [-0.05, 0) is 63.3 Å². The molecule has 1 aromatic rings. The molecule has 3 aliphatic heterocycles. The number of nitrogens with one attached hydrogen (secondary N) is 2. The molecular formula is C28H40BrN3O6. The number of nitrogens with zero attached hydrogens (tertiary/aromatic N) is 1. The molecule has 10 heteroatoms. The zero-order chi connectivity index (χ0) is 28.0. The molecule has 0 aliphatic carbocycles. The van der Waals surface area contributed by atoms with Crippen LogP contribution in [0.5, 0.6) is 5.75 Å². The topological polar surface area (TPSA) is 117 Å². The number of fused-ring (bicyclic) bond motifs is 1. The van der Waals surface area contributed by atoms with E-state index in [0.717, 1.165) is 6.42 Å². The number of amides is 3. The zero-order valence-corrected chi connectivity index (χ0v) is 24.6. The van der Waals surface area contributed by atoms with Crippen molar-refractivity contribution in [3.05, 3.63) is 24.3 Å². The lowest BCUT2D eigenvalue weighted by molar-refractivity contribution is -0.142. The summed E-state index contributed by atoms with van der Waals surface area (Å²) in [6.45, 7) is 12.4. The minimum absolute atomic E-state index is 0.0108. The highest BCUT2D eigenvalue weighted by Crippen LogP contribution is 2.60. The molecule has 2 bridgehead atoms. The van der Waals surface area contributed by atoms with Crippen molar-refractivity contribution >= 4 is 39.3 Å². The fourth-order valence-corrected chi connectivity index (χ4v) is 7.82. The Hall–Kier alpha value is -2.17. The van der Waals surface area contributed by atoms with Crippen LogP contribution in [0.4, 0.5) is 5.69 Å². The van der Waals surface area contributed by atoms with E-state index in [1.807, 2.05) is 20.8 Å². The van der Waals surface area contributed by atoms with Gasteiger partial charge in [-0.25, -0.2) is 0 Å². The van der Waals surface area contributed by atoms with E-state index in [1.165, 1.54) is 4.90 Å². The maximum atomic E-state index is 13.9. The van der Waals surface area contributed by atoms with Crippen LogP contribution in [-0.2, 0) is 19.1 Å². The van der Waals surface area contributed by atoms with Crippen LogP contribution in [0.2, 0.25) is 0 Å². The van der Waals surface area contributed by atoms with Crippen LogP contribution in [0, 0.1) is 17.3 Å². The molecule has 3 fully saturated rings. The Labute approximate surface area is 233 Å². The second-order valence-electron chi connectivity index (χ2n) is 12.5. The summed E-state index contributed by atoms with van der Waals surface area (Å²) in [5, 5.41) is 15.9. The fourth-order valence-electron chi connectivity index (χ4n) is 6.88. The van der Waals surface area contributed by atoms with Crippen molar-refractivity contribution in [2.24, 2.45) is 17.3 Å². The summed E-state index contributed by atoms with van der Waals surface area (Å²) >= 11 is 3.67. The number of hydrogen-bond acceptors (Lipinski definition) is 6. The van der Waals surface area contributed by atoms with Gasteiger partial charge in [0.1, 0.15) is 17.4 Å². The maximum absolute atomic E-state index is 13.9. The van der Waals surface area contributed by atoms with E-state index in [9.17, 15) is 19.5 Å². The van der Waals surface area contributed by atoms with E-state index < -0.39 is 35.1 Å². The first kappa shape index (κ1) is 28.8. The van der Waals surface area contributed by atoms with Gasteiger partial charge in [0.2, 0.25) is 17.7 Å². The monoisotopic (exact) mass is 593 g/mol. The Balaban J connectivity index is 1.62. The molecule has 3 aliphatic rings. The average Bonchev–Trinajstić information content (AvgIpc) is 3.37. The first-order chi connectivity index (χ1) is 17.7. The molecule has 3 heterocycles. The summed E-state index contributed by atoms with van der Waals surface area (Å²) in [4.78, 5) is 42.5. The Morgan fingerprint density at radius 1 is 1.18 bits per heavy atom. The van der Waals surface area contributed by atoms with Crippen LogP contribution >= 0.6 is 15.9 Å². The first-order valence-electron chi connectivity index (χ1n) is 13.3. The number of halogens is 1. The number of benzene rings is 1. The highest BCUT2D eigenvalue weighted by atomic mass is 79.9. The second kappa shape index (κ2) is 10.4. The van der Waals surface area contributed by atoms with Crippen molar-refractivity contribution in [2.45, 2.75) is 82.5 Å². The number of likely N-dealkylation sites (tertiary alicyclic amines) is 1. The van der Waals surface area contributed by atoms with E-state index in [4.69, 9.17) is 9.47 Å². The van der Waals surface area contributed by atoms with Gasteiger partial charge in [0, 0.05) is 22.6 Å². The highest BCUT2D eigenvalue weighted by Gasteiger charge is 2.76. The number of β-amino-alcohol motifs (C(OH)–C–C–N with tert-alkyl or cyclic N) is 1. The van der Waals surface area contributed by atoms with E-state index in [1.54, 1.807) is 24.3 Å². The number of aliphatic hydroxyl groups is 1. The average molecular weight is 595 g/mol. The molecule has 3 saturated heterocycles. The van der Waals surface area contributed by atoms with Crippen molar-refractivity contribution in [3.8, 4) is 5.75 Å². The van der Waals surface area contributed by atoms with Gasteiger partial charge in [0.15, 0.2) is 0 Å². The van der Waals surface area contributed by atoms with Gasteiger partial charge in [-0.1, -0.05) is 36.7 Å². The summed E-state index contributed by atoms with van der Waals surface area (Å²) in [5.74, 6) is -1.90. The first-order valence-corrected chi connectivity index (χ1v) is 14.2. The van der Waals surface area contributed by atoms with Gasteiger partial charge in [-0.3, -0.25) is 14.4 Å². The van der Waals surface area contributed by atoms with Crippen molar-refractivity contribution in [1.82, 2.24) is 10.2 Å². The number of rotatable bonds is 9. The summed E-state index contributed by atoms with van der Waals surface area (Å²) < 4.78 is 12.0. The van der Waals surface area contributed by atoms with Gasteiger partial charge in [0.25, 0.3) is 0 Å². The Kier molecular flexibility index (Phi) is 7.91. The third kappa shape index (κ3) is 5.31. The number of alkyl halides is 1. The normalized spacial score (nSPS) is 30.4. The minimum Gasteiger partial charge on any atom is -0.494 e. The summed E-state index contributed by atoms with van der Waals surface area (Å²) in [7, 11) is 0. The summed E-state index contributed by atoms with van der Waals surface area (Å²) in [6, 6.07) is 6.10. The molecule has 210 valence electrons. The number of ether oxygens (including phenoxy) is 2. The largest absolute Gasteiger partial charge is 0.494 e. The SMILES string of the molecule is CCOc1ccc(NC(=O)[C@H]2[C@@H]3OC4(CC3Br)C(C(=O)NC(C)(C)CC(C)(C)C)N(CCO)C(=O)[C@H]24)cc1. The van der Waals surface area contributed by atoms with Gasteiger partial charge < -0.3 is 30.1 Å². The van der Waals surface area contributed by atoms with Crippen LogP contribution in [0.3, 0.4) is 0 Å². The number of carbonyl (C=O) groups excluding carboxylic acids is 3. The van der Waals surface area contributed by atoms with Crippen LogP contribution in [0.25, 0.3) is 0 Å². The van der Waals surface area contributed by atoms with E-state index in [2.05, 4.69) is 47.3 Å². The van der Waals surface area contributed by atoms with Crippen molar-refractivity contribution in [2.75, 3.05) is 25.1 Å². The maximum Gasteiger partial charge on any atom is 0.246 e. The third-order valence-corrected chi connectivity index (χ3v) is 8.39. The minimum atomic E-state index is -1.16. The molecule has 0 radical (unpaired) electrons.